The van der Waals surface area contributed by atoms with E-state index in [1.165, 1.54) is 38.5 Å². The number of nitrogens with one attached hydrogen (secondary N) is 1. The highest BCUT2D eigenvalue weighted by molar-refractivity contribution is 5.20. The van der Waals surface area contributed by atoms with Crippen LogP contribution in [0.2, 0.25) is 0 Å². The van der Waals surface area contributed by atoms with Crippen LogP contribution >= 0.6 is 0 Å². The van der Waals surface area contributed by atoms with E-state index < -0.39 is 0 Å². The minimum atomic E-state index is 0.452. The largest absolute Gasteiger partial charge is 0.271 e. The van der Waals surface area contributed by atoms with Crippen molar-refractivity contribution in [3.8, 4) is 0 Å². The molecule has 2 aliphatic rings. The number of allylic oxidation sites excluding steroid dienone is 1. The molecular formula is C11H20N2. The molecule has 0 aromatic carbocycles. The van der Waals surface area contributed by atoms with Gasteiger partial charge in [-0.05, 0) is 43.9 Å². The second-order valence-corrected chi connectivity index (χ2v) is 4.78. The Bertz CT molecular complexity index is 216. The van der Waals surface area contributed by atoms with Crippen molar-refractivity contribution < 1.29 is 0 Å². The predicted molar refractivity (Wildman–Crippen MR) is 55.0 cm³/mol. The van der Waals surface area contributed by atoms with Crippen molar-refractivity contribution in [2.24, 2.45) is 11.3 Å². The van der Waals surface area contributed by atoms with E-state index in [9.17, 15) is 0 Å². The van der Waals surface area contributed by atoms with E-state index in [1.807, 2.05) is 0 Å². The van der Waals surface area contributed by atoms with Gasteiger partial charge in [-0.3, -0.25) is 11.3 Å². The fourth-order valence-electron chi connectivity index (χ4n) is 2.37. The minimum absolute atomic E-state index is 0.452. The Morgan fingerprint density at radius 2 is 2.23 bits per heavy atom. The Balaban J connectivity index is 2.07. The Morgan fingerprint density at radius 3 is 2.69 bits per heavy atom. The molecule has 0 bridgehead atoms. The van der Waals surface area contributed by atoms with Gasteiger partial charge in [-0.1, -0.05) is 18.6 Å². The summed E-state index contributed by atoms with van der Waals surface area (Å²) in [5.41, 5.74) is 5.04. The lowest BCUT2D eigenvalue weighted by Crippen LogP contribution is -2.42. The third kappa shape index (κ3) is 1.79. The van der Waals surface area contributed by atoms with Crippen molar-refractivity contribution in [3.05, 3.63) is 11.6 Å². The van der Waals surface area contributed by atoms with Crippen LogP contribution in [0.3, 0.4) is 0 Å². The topological polar surface area (TPSA) is 38.0 Å². The summed E-state index contributed by atoms with van der Waals surface area (Å²) in [6, 6.07) is 0.452. The summed E-state index contributed by atoms with van der Waals surface area (Å²) in [5, 5.41) is 0. The second-order valence-electron chi connectivity index (χ2n) is 4.78. The zero-order valence-corrected chi connectivity index (χ0v) is 8.47. The van der Waals surface area contributed by atoms with Crippen LogP contribution in [0.15, 0.2) is 11.6 Å². The van der Waals surface area contributed by atoms with Crippen LogP contribution in [0, 0.1) is 5.41 Å². The molecule has 0 spiro atoms. The average molecular weight is 180 g/mol. The van der Waals surface area contributed by atoms with Crippen LogP contribution in [0.25, 0.3) is 0 Å². The number of hydrogen-bond donors (Lipinski definition) is 2. The van der Waals surface area contributed by atoms with Gasteiger partial charge in [-0.15, -0.1) is 0 Å². The zero-order valence-electron chi connectivity index (χ0n) is 8.47. The molecule has 0 aromatic rings. The van der Waals surface area contributed by atoms with Crippen molar-refractivity contribution in [3.63, 3.8) is 0 Å². The SMILES string of the molecule is CC1(C(NN)C2=CCCCC2)CC1. The summed E-state index contributed by atoms with van der Waals surface area (Å²) in [6.07, 6.45) is 10.3. The predicted octanol–water partition coefficient (Wildman–Crippen LogP) is 2.12. The lowest BCUT2D eigenvalue weighted by Gasteiger charge is -2.27. The average Bonchev–Trinajstić information content (AvgIpc) is 2.87. The maximum Gasteiger partial charge on any atom is 0.0473 e. The van der Waals surface area contributed by atoms with Crippen LogP contribution in [-0.4, -0.2) is 6.04 Å². The van der Waals surface area contributed by atoms with E-state index in [2.05, 4.69) is 18.4 Å². The van der Waals surface area contributed by atoms with Crippen molar-refractivity contribution in [2.75, 3.05) is 0 Å². The summed E-state index contributed by atoms with van der Waals surface area (Å²) >= 11 is 0. The molecule has 1 saturated carbocycles. The van der Waals surface area contributed by atoms with E-state index in [4.69, 9.17) is 5.84 Å². The summed E-state index contributed by atoms with van der Waals surface area (Å²) in [4.78, 5) is 0. The van der Waals surface area contributed by atoms with Crippen LogP contribution in [0.4, 0.5) is 0 Å². The van der Waals surface area contributed by atoms with E-state index in [0.29, 0.717) is 11.5 Å². The lowest BCUT2D eigenvalue weighted by molar-refractivity contribution is 0.390. The molecule has 2 heteroatoms. The van der Waals surface area contributed by atoms with E-state index in [1.54, 1.807) is 5.57 Å². The summed E-state index contributed by atoms with van der Waals surface area (Å²) in [6.45, 7) is 2.34. The molecule has 0 aliphatic heterocycles. The van der Waals surface area contributed by atoms with Gasteiger partial charge in [0.05, 0.1) is 0 Å². The molecule has 1 atom stereocenters. The molecular weight excluding hydrogens is 160 g/mol. The van der Waals surface area contributed by atoms with Crippen LogP contribution in [0.5, 0.6) is 0 Å². The van der Waals surface area contributed by atoms with Crippen molar-refractivity contribution in [1.82, 2.24) is 5.43 Å². The highest BCUT2D eigenvalue weighted by Crippen LogP contribution is 2.50. The van der Waals surface area contributed by atoms with Crippen molar-refractivity contribution >= 4 is 0 Å². The molecule has 3 N–H and O–H groups in total. The van der Waals surface area contributed by atoms with Gasteiger partial charge in [0.25, 0.3) is 0 Å². The van der Waals surface area contributed by atoms with Crippen LogP contribution in [-0.2, 0) is 0 Å². The molecule has 0 heterocycles. The molecule has 74 valence electrons. The normalized spacial score (nSPS) is 28.0. The Kier molecular flexibility index (Phi) is 2.43. The monoisotopic (exact) mass is 180 g/mol. The molecule has 0 aromatic heterocycles. The van der Waals surface area contributed by atoms with Gasteiger partial charge in [0, 0.05) is 6.04 Å². The number of nitrogens with two attached hydrogens (primary N) is 1. The molecule has 13 heavy (non-hydrogen) atoms. The quantitative estimate of drug-likeness (QED) is 0.396. The van der Waals surface area contributed by atoms with Gasteiger partial charge in [0.1, 0.15) is 0 Å². The molecule has 0 saturated heterocycles. The first-order valence-corrected chi connectivity index (χ1v) is 5.41. The standard InChI is InChI=1S/C11H20N2/c1-11(7-8-11)10(13-12)9-5-3-2-4-6-9/h5,10,13H,2-4,6-8,12H2,1H3. The van der Waals surface area contributed by atoms with Gasteiger partial charge in [0.2, 0.25) is 0 Å². The Hall–Kier alpha value is -0.340. The van der Waals surface area contributed by atoms with Gasteiger partial charge in [-0.2, -0.15) is 0 Å². The lowest BCUT2D eigenvalue weighted by atomic mass is 9.86. The number of hydrazine groups is 1. The first-order chi connectivity index (χ1) is 6.26. The highest BCUT2D eigenvalue weighted by Gasteiger charge is 2.45. The third-order valence-corrected chi connectivity index (χ3v) is 3.60. The highest BCUT2D eigenvalue weighted by atomic mass is 15.2. The van der Waals surface area contributed by atoms with Crippen molar-refractivity contribution in [1.29, 1.82) is 0 Å². The van der Waals surface area contributed by atoms with E-state index in [0.717, 1.165) is 0 Å². The number of rotatable bonds is 3. The van der Waals surface area contributed by atoms with Crippen LogP contribution in [0.1, 0.15) is 45.4 Å². The maximum atomic E-state index is 5.64. The van der Waals surface area contributed by atoms with Gasteiger partial charge < -0.3 is 0 Å². The minimum Gasteiger partial charge on any atom is -0.271 e. The van der Waals surface area contributed by atoms with Gasteiger partial charge >= 0.3 is 0 Å². The summed E-state index contributed by atoms with van der Waals surface area (Å²) < 4.78 is 0. The molecule has 0 radical (unpaired) electrons. The molecule has 2 rings (SSSR count). The third-order valence-electron chi connectivity index (χ3n) is 3.60. The fraction of sp³-hybridized carbons (Fsp3) is 0.818. The summed E-state index contributed by atoms with van der Waals surface area (Å²) in [7, 11) is 0. The first kappa shape index (κ1) is 9.22. The first-order valence-electron chi connectivity index (χ1n) is 5.41. The summed E-state index contributed by atoms with van der Waals surface area (Å²) in [5.74, 6) is 5.64. The van der Waals surface area contributed by atoms with Crippen LogP contribution < -0.4 is 11.3 Å². The molecule has 1 unspecified atom stereocenters. The molecule has 2 aliphatic carbocycles. The Labute approximate surface area is 80.5 Å². The zero-order chi connectivity index (χ0) is 9.31. The maximum absolute atomic E-state index is 5.64. The van der Waals surface area contributed by atoms with E-state index in [-0.39, 0.29) is 0 Å². The fourth-order valence-corrected chi connectivity index (χ4v) is 2.37. The Morgan fingerprint density at radius 1 is 1.46 bits per heavy atom. The van der Waals surface area contributed by atoms with E-state index >= 15 is 0 Å². The molecule has 2 nitrogen and oxygen atoms in total. The van der Waals surface area contributed by atoms with Gasteiger partial charge in [0.15, 0.2) is 0 Å². The molecule has 1 fully saturated rings. The van der Waals surface area contributed by atoms with Crippen molar-refractivity contribution in [2.45, 2.75) is 51.5 Å². The smallest absolute Gasteiger partial charge is 0.0473 e. The number of hydrogen-bond acceptors (Lipinski definition) is 2. The second kappa shape index (κ2) is 3.43. The van der Waals surface area contributed by atoms with Gasteiger partial charge in [-0.25, -0.2) is 0 Å². The molecule has 0 amide bonds.